The maximum Gasteiger partial charge on any atom is 0.272 e. The highest BCUT2D eigenvalue weighted by Gasteiger charge is 2.63. The molecule has 2 heterocycles. The maximum atomic E-state index is 13.5. The number of methoxy groups -OCH3 is 1. The Morgan fingerprint density at radius 1 is 1.27 bits per heavy atom. The molecular formula is C23H33N3O4. The Morgan fingerprint density at radius 3 is 2.70 bits per heavy atom. The predicted molar refractivity (Wildman–Crippen MR) is 113 cm³/mol. The number of nitrogens with zero attached hydrogens (tertiary/aromatic N) is 1. The van der Waals surface area contributed by atoms with E-state index in [1.165, 1.54) is 5.06 Å². The van der Waals surface area contributed by atoms with Crippen LogP contribution in [-0.4, -0.2) is 61.4 Å². The molecule has 2 N–H and O–H groups in total. The first-order valence-electron chi connectivity index (χ1n) is 11.1. The maximum absolute atomic E-state index is 13.5. The second kappa shape index (κ2) is 9.04. The molecule has 0 radical (unpaired) electrons. The van der Waals surface area contributed by atoms with Crippen LogP contribution in [0.25, 0.3) is 0 Å². The van der Waals surface area contributed by atoms with E-state index in [0.29, 0.717) is 19.6 Å². The number of benzene rings is 1. The Balaban J connectivity index is 1.52. The zero-order valence-corrected chi connectivity index (χ0v) is 17.9. The fraction of sp³-hybridized carbons (Fsp3) is 0.652. The predicted octanol–water partition coefficient (Wildman–Crippen LogP) is 1.99. The molecule has 164 valence electrons. The molecule has 1 aliphatic carbocycles. The monoisotopic (exact) mass is 415 g/mol. The molecule has 1 saturated carbocycles. The van der Waals surface area contributed by atoms with Crippen LogP contribution in [0.3, 0.4) is 0 Å². The number of hydrogen-bond donors (Lipinski definition) is 2. The summed E-state index contributed by atoms with van der Waals surface area (Å²) in [6.07, 6.45) is 4.32. The summed E-state index contributed by atoms with van der Waals surface area (Å²) in [6.45, 7) is 3.95. The lowest BCUT2D eigenvalue weighted by molar-refractivity contribution is -0.200. The third-order valence-electron chi connectivity index (χ3n) is 6.79. The van der Waals surface area contributed by atoms with Crippen molar-refractivity contribution < 1.29 is 19.2 Å². The molecule has 2 aliphatic heterocycles. The molecule has 7 nitrogen and oxygen atoms in total. The molecule has 0 bridgehead atoms. The summed E-state index contributed by atoms with van der Waals surface area (Å²) in [5.74, 6) is -0.683. The number of nitrogens with one attached hydrogen (secondary N) is 2. The van der Waals surface area contributed by atoms with E-state index in [4.69, 9.17) is 9.57 Å². The molecule has 4 rings (SSSR count). The van der Waals surface area contributed by atoms with Gasteiger partial charge in [0.25, 0.3) is 5.91 Å². The average molecular weight is 416 g/mol. The number of ether oxygens (including phenoxy) is 1. The standard InChI is InChI=1S/C23H33N3O4/c1-16(20(29-2)19-11-8-12-24-19)21(27)25-23(22(28)26-13-6-7-14-30-26)15-18(23)17-9-4-3-5-10-17/h3-5,9-10,16,18-20,24H,6-8,11-15H2,1-2H3,(H,25,27)/t16-,18?,19+,20-,23?/m1/s1. The summed E-state index contributed by atoms with van der Waals surface area (Å²) >= 11 is 0. The molecule has 3 aliphatic rings. The van der Waals surface area contributed by atoms with Crippen molar-refractivity contribution in [2.24, 2.45) is 5.92 Å². The highest BCUT2D eigenvalue weighted by molar-refractivity contribution is 5.96. The first-order valence-corrected chi connectivity index (χ1v) is 11.1. The first kappa shape index (κ1) is 21.3. The van der Waals surface area contributed by atoms with E-state index in [9.17, 15) is 9.59 Å². The van der Waals surface area contributed by atoms with Gasteiger partial charge in [0.15, 0.2) is 0 Å². The number of carbonyl (C=O) groups excluding carboxylic acids is 2. The van der Waals surface area contributed by atoms with Gasteiger partial charge >= 0.3 is 0 Å². The van der Waals surface area contributed by atoms with Gasteiger partial charge in [0, 0.05) is 25.6 Å². The van der Waals surface area contributed by atoms with E-state index in [2.05, 4.69) is 10.6 Å². The minimum absolute atomic E-state index is 0.0431. The van der Waals surface area contributed by atoms with Gasteiger partial charge < -0.3 is 15.4 Å². The zero-order valence-electron chi connectivity index (χ0n) is 17.9. The SMILES string of the molecule is CO[C@@H]([C@@H]1CCCN1)[C@@H](C)C(=O)NC1(C(=O)N2CCCCO2)CC1c1ccccc1. The Morgan fingerprint density at radius 2 is 2.07 bits per heavy atom. The minimum atomic E-state index is -0.939. The van der Waals surface area contributed by atoms with Crippen LogP contribution in [0.5, 0.6) is 0 Å². The lowest BCUT2D eigenvalue weighted by Gasteiger charge is -2.32. The quantitative estimate of drug-likeness (QED) is 0.712. The molecule has 5 atom stereocenters. The summed E-state index contributed by atoms with van der Waals surface area (Å²) in [5, 5.41) is 8.03. The number of hydrogen-bond acceptors (Lipinski definition) is 5. The molecule has 30 heavy (non-hydrogen) atoms. The van der Waals surface area contributed by atoms with Crippen molar-refractivity contribution in [2.75, 3.05) is 26.8 Å². The van der Waals surface area contributed by atoms with Crippen LogP contribution in [0.15, 0.2) is 30.3 Å². The lowest BCUT2D eigenvalue weighted by Crippen LogP contribution is -2.56. The van der Waals surface area contributed by atoms with Gasteiger partial charge in [0.05, 0.1) is 18.6 Å². The fourth-order valence-corrected chi connectivity index (χ4v) is 4.95. The summed E-state index contributed by atoms with van der Waals surface area (Å²) in [7, 11) is 1.65. The average Bonchev–Trinajstić information content (AvgIpc) is 3.26. The molecule has 0 spiro atoms. The van der Waals surface area contributed by atoms with Gasteiger partial charge in [-0.25, -0.2) is 5.06 Å². The van der Waals surface area contributed by atoms with Gasteiger partial charge in [0.1, 0.15) is 5.54 Å². The molecular weight excluding hydrogens is 382 g/mol. The number of carbonyl (C=O) groups is 2. The summed E-state index contributed by atoms with van der Waals surface area (Å²) in [5.41, 5.74) is 0.127. The van der Waals surface area contributed by atoms with Gasteiger partial charge in [-0.1, -0.05) is 37.3 Å². The Hall–Kier alpha value is -1.96. The van der Waals surface area contributed by atoms with Crippen LogP contribution >= 0.6 is 0 Å². The molecule has 3 fully saturated rings. The third kappa shape index (κ3) is 4.11. The molecule has 2 amide bonds. The van der Waals surface area contributed by atoms with E-state index in [0.717, 1.165) is 37.8 Å². The molecule has 0 aromatic heterocycles. The van der Waals surface area contributed by atoms with E-state index in [1.807, 2.05) is 37.3 Å². The van der Waals surface area contributed by atoms with Crippen molar-refractivity contribution >= 4 is 11.8 Å². The molecule has 2 saturated heterocycles. The smallest absolute Gasteiger partial charge is 0.272 e. The molecule has 2 unspecified atom stereocenters. The second-order valence-corrected chi connectivity index (χ2v) is 8.77. The van der Waals surface area contributed by atoms with Crippen LogP contribution in [0, 0.1) is 5.92 Å². The van der Waals surface area contributed by atoms with E-state index < -0.39 is 5.54 Å². The van der Waals surface area contributed by atoms with Gasteiger partial charge in [-0.05, 0) is 44.2 Å². The van der Waals surface area contributed by atoms with Crippen LogP contribution in [0.2, 0.25) is 0 Å². The topological polar surface area (TPSA) is 79.9 Å². The van der Waals surface area contributed by atoms with Crippen molar-refractivity contribution in [1.82, 2.24) is 15.7 Å². The number of rotatable bonds is 7. The molecule has 1 aromatic carbocycles. The summed E-state index contributed by atoms with van der Waals surface area (Å²) < 4.78 is 5.70. The van der Waals surface area contributed by atoms with Crippen LogP contribution < -0.4 is 10.6 Å². The first-order chi connectivity index (χ1) is 14.6. The van der Waals surface area contributed by atoms with Crippen molar-refractivity contribution in [3.8, 4) is 0 Å². The zero-order chi connectivity index (χ0) is 21.1. The normalized spacial score (nSPS) is 30.5. The van der Waals surface area contributed by atoms with Gasteiger partial charge in [-0.3, -0.25) is 14.4 Å². The van der Waals surface area contributed by atoms with Gasteiger partial charge in [-0.15, -0.1) is 0 Å². The highest BCUT2D eigenvalue weighted by Crippen LogP contribution is 2.53. The molecule has 1 aromatic rings. The van der Waals surface area contributed by atoms with Crippen molar-refractivity contribution in [3.63, 3.8) is 0 Å². The van der Waals surface area contributed by atoms with Crippen molar-refractivity contribution in [1.29, 1.82) is 0 Å². The molecule has 7 heteroatoms. The Labute approximate surface area is 178 Å². The lowest BCUT2D eigenvalue weighted by atomic mass is 9.94. The van der Waals surface area contributed by atoms with Crippen LogP contribution in [-0.2, 0) is 19.2 Å². The van der Waals surface area contributed by atoms with Crippen LogP contribution in [0.4, 0.5) is 0 Å². The van der Waals surface area contributed by atoms with E-state index >= 15 is 0 Å². The van der Waals surface area contributed by atoms with Crippen LogP contribution in [0.1, 0.15) is 50.5 Å². The highest BCUT2D eigenvalue weighted by atomic mass is 16.7. The number of amides is 2. The minimum Gasteiger partial charge on any atom is -0.379 e. The fourth-order valence-electron chi connectivity index (χ4n) is 4.95. The van der Waals surface area contributed by atoms with Crippen molar-refractivity contribution in [2.45, 2.75) is 62.6 Å². The summed E-state index contributed by atoms with van der Waals surface area (Å²) in [4.78, 5) is 32.4. The van der Waals surface area contributed by atoms with Gasteiger partial charge in [0.2, 0.25) is 5.91 Å². The van der Waals surface area contributed by atoms with Gasteiger partial charge in [-0.2, -0.15) is 0 Å². The number of hydroxylamine groups is 2. The second-order valence-electron chi connectivity index (χ2n) is 8.77. The Kier molecular flexibility index (Phi) is 6.41. The summed E-state index contributed by atoms with van der Waals surface area (Å²) in [6, 6.07) is 10.1. The Bertz CT molecular complexity index is 746. The third-order valence-corrected chi connectivity index (χ3v) is 6.79. The largest absolute Gasteiger partial charge is 0.379 e. The van der Waals surface area contributed by atoms with E-state index in [1.54, 1.807) is 7.11 Å². The van der Waals surface area contributed by atoms with E-state index in [-0.39, 0.29) is 35.8 Å². The van der Waals surface area contributed by atoms with Crippen molar-refractivity contribution in [3.05, 3.63) is 35.9 Å².